The minimum Gasteiger partial charge on any atom is -0.497 e. The molecule has 0 bridgehead atoms. The van der Waals surface area contributed by atoms with Crippen LogP contribution in [-0.2, 0) is 14.3 Å². The molecule has 0 radical (unpaired) electrons. The van der Waals surface area contributed by atoms with E-state index in [2.05, 4.69) is 16.0 Å². The fraction of sp³-hybridized carbons (Fsp3) is 0.143. The third kappa shape index (κ3) is 9.57. The quantitative estimate of drug-likeness (QED) is 0.0948. The molecular weight excluding hydrogens is 590 g/mol. The van der Waals surface area contributed by atoms with Gasteiger partial charge in [0.25, 0.3) is 11.8 Å². The van der Waals surface area contributed by atoms with Crippen molar-refractivity contribution in [2.75, 3.05) is 24.4 Å². The SMILES string of the molecule is CCOC(=O)c1ccc(NC(=O)C(C)Sc2cccc(NC(=O)/C(=C/c3cccc(OC)c3)NC(=O)c3ccccc3)c2)cc1. The van der Waals surface area contributed by atoms with Crippen molar-refractivity contribution >= 4 is 52.9 Å². The summed E-state index contributed by atoms with van der Waals surface area (Å²) in [6, 6.07) is 29.3. The second-order valence-electron chi connectivity index (χ2n) is 9.68. The van der Waals surface area contributed by atoms with Crippen molar-refractivity contribution in [3.05, 3.63) is 126 Å². The van der Waals surface area contributed by atoms with E-state index in [1.807, 2.05) is 6.07 Å². The smallest absolute Gasteiger partial charge is 0.338 e. The summed E-state index contributed by atoms with van der Waals surface area (Å²) in [4.78, 5) is 51.9. The predicted octanol–water partition coefficient (Wildman–Crippen LogP) is 6.40. The first-order chi connectivity index (χ1) is 21.7. The molecule has 1 atom stereocenters. The number of ether oxygens (including phenoxy) is 2. The number of rotatable bonds is 12. The third-order valence-corrected chi connectivity index (χ3v) is 7.46. The molecule has 45 heavy (non-hydrogen) atoms. The average Bonchev–Trinajstić information content (AvgIpc) is 3.05. The first kappa shape index (κ1) is 32.6. The van der Waals surface area contributed by atoms with Crippen LogP contribution in [0.15, 0.2) is 114 Å². The van der Waals surface area contributed by atoms with Gasteiger partial charge in [0.1, 0.15) is 11.4 Å². The van der Waals surface area contributed by atoms with Crippen molar-refractivity contribution in [2.45, 2.75) is 24.0 Å². The lowest BCUT2D eigenvalue weighted by atomic mass is 10.1. The van der Waals surface area contributed by atoms with E-state index < -0.39 is 23.0 Å². The molecule has 230 valence electrons. The van der Waals surface area contributed by atoms with Crippen molar-refractivity contribution in [2.24, 2.45) is 0 Å². The lowest BCUT2D eigenvalue weighted by Gasteiger charge is -2.14. The van der Waals surface area contributed by atoms with E-state index in [1.165, 1.54) is 11.8 Å². The number of benzene rings is 4. The number of carbonyl (C=O) groups excluding carboxylic acids is 4. The molecule has 0 heterocycles. The molecule has 1 unspecified atom stereocenters. The van der Waals surface area contributed by atoms with E-state index >= 15 is 0 Å². The second-order valence-corrected chi connectivity index (χ2v) is 11.1. The second kappa shape index (κ2) is 15.9. The first-order valence-corrected chi connectivity index (χ1v) is 15.0. The van der Waals surface area contributed by atoms with Gasteiger partial charge in [-0.3, -0.25) is 14.4 Å². The Kier molecular flexibility index (Phi) is 11.5. The number of hydrogen-bond donors (Lipinski definition) is 3. The van der Waals surface area contributed by atoms with Crippen molar-refractivity contribution < 1.29 is 28.7 Å². The average molecular weight is 624 g/mol. The molecule has 4 aromatic rings. The minimum absolute atomic E-state index is 0.0388. The highest BCUT2D eigenvalue weighted by molar-refractivity contribution is 8.00. The Bertz CT molecular complexity index is 1690. The van der Waals surface area contributed by atoms with E-state index in [-0.39, 0.29) is 18.2 Å². The van der Waals surface area contributed by atoms with Gasteiger partial charge in [-0.05, 0) is 92.2 Å². The van der Waals surface area contributed by atoms with Crippen LogP contribution in [0.4, 0.5) is 11.4 Å². The highest BCUT2D eigenvalue weighted by Gasteiger charge is 2.18. The number of amides is 3. The largest absolute Gasteiger partial charge is 0.497 e. The highest BCUT2D eigenvalue weighted by atomic mass is 32.2. The first-order valence-electron chi connectivity index (χ1n) is 14.1. The fourth-order valence-electron chi connectivity index (χ4n) is 4.09. The number of thioether (sulfide) groups is 1. The molecule has 0 saturated carbocycles. The van der Waals surface area contributed by atoms with Crippen molar-refractivity contribution in [3.8, 4) is 5.75 Å². The molecule has 0 aromatic heterocycles. The van der Waals surface area contributed by atoms with Crippen LogP contribution in [0.1, 0.15) is 40.1 Å². The molecule has 0 aliphatic rings. The number of carbonyl (C=O) groups is 4. The van der Waals surface area contributed by atoms with Crippen molar-refractivity contribution in [1.29, 1.82) is 0 Å². The molecule has 4 aromatic carbocycles. The molecule has 10 heteroatoms. The summed E-state index contributed by atoms with van der Waals surface area (Å²) in [7, 11) is 1.55. The standard InChI is InChI=1S/C35H33N3O6S/c1-4-44-35(42)26-16-18-27(19-17-26)36-32(39)23(2)45-30-15-9-13-28(22-30)37-34(41)31(21-24-10-8-14-29(20-24)43-3)38-33(40)25-11-6-5-7-12-25/h5-23H,4H2,1-3H3,(H,36,39)(H,37,41)(H,38,40)/b31-21-. The zero-order valence-corrected chi connectivity index (χ0v) is 25.9. The number of esters is 1. The van der Waals surface area contributed by atoms with Gasteiger partial charge in [-0.2, -0.15) is 0 Å². The topological polar surface area (TPSA) is 123 Å². The zero-order valence-electron chi connectivity index (χ0n) is 25.0. The Morgan fingerprint density at radius 1 is 0.800 bits per heavy atom. The number of nitrogens with one attached hydrogen (secondary N) is 3. The van der Waals surface area contributed by atoms with Gasteiger partial charge in [-0.25, -0.2) is 4.79 Å². The van der Waals surface area contributed by atoms with E-state index in [9.17, 15) is 19.2 Å². The van der Waals surface area contributed by atoms with Crippen molar-refractivity contribution in [1.82, 2.24) is 5.32 Å². The van der Waals surface area contributed by atoms with Crippen LogP contribution in [0.25, 0.3) is 6.08 Å². The summed E-state index contributed by atoms with van der Waals surface area (Å²) in [6.07, 6.45) is 1.57. The van der Waals surface area contributed by atoms with Gasteiger partial charge in [0.05, 0.1) is 24.5 Å². The normalized spacial score (nSPS) is 11.6. The van der Waals surface area contributed by atoms with E-state index in [0.29, 0.717) is 33.8 Å². The Morgan fingerprint density at radius 3 is 2.24 bits per heavy atom. The van der Waals surface area contributed by atoms with Crippen LogP contribution in [0, 0.1) is 0 Å². The van der Waals surface area contributed by atoms with Gasteiger partial charge < -0.3 is 25.4 Å². The lowest BCUT2D eigenvalue weighted by molar-refractivity contribution is -0.115. The molecule has 4 rings (SSSR count). The van der Waals surface area contributed by atoms with E-state index in [0.717, 1.165) is 4.90 Å². The number of methoxy groups -OCH3 is 1. The van der Waals surface area contributed by atoms with Gasteiger partial charge in [0, 0.05) is 21.8 Å². The van der Waals surface area contributed by atoms with Crippen molar-refractivity contribution in [3.63, 3.8) is 0 Å². The van der Waals surface area contributed by atoms with Gasteiger partial charge in [-0.15, -0.1) is 11.8 Å². The summed E-state index contributed by atoms with van der Waals surface area (Å²) in [6.45, 7) is 3.79. The number of anilines is 2. The number of hydrogen-bond acceptors (Lipinski definition) is 7. The van der Waals surface area contributed by atoms with Crippen LogP contribution < -0.4 is 20.7 Å². The van der Waals surface area contributed by atoms with E-state index in [1.54, 1.807) is 124 Å². The molecule has 0 aliphatic carbocycles. The third-order valence-electron chi connectivity index (χ3n) is 6.37. The molecule has 0 saturated heterocycles. The Balaban J connectivity index is 1.44. The summed E-state index contributed by atoms with van der Waals surface area (Å²) >= 11 is 1.31. The summed E-state index contributed by atoms with van der Waals surface area (Å²) in [5.41, 5.74) is 2.54. The van der Waals surface area contributed by atoms with Gasteiger partial charge in [-0.1, -0.05) is 36.4 Å². The maximum absolute atomic E-state index is 13.5. The molecule has 3 N–H and O–H groups in total. The maximum atomic E-state index is 13.5. The highest BCUT2D eigenvalue weighted by Crippen LogP contribution is 2.27. The van der Waals surface area contributed by atoms with Gasteiger partial charge >= 0.3 is 5.97 Å². The zero-order chi connectivity index (χ0) is 32.2. The van der Waals surface area contributed by atoms with Crippen LogP contribution in [0.5, 0.6) is 5.75 Å². The van der Waals surface area contributed by atoms with Crippen LogP contribution >= 0.6 is 11.8 Å². The van der Waals surface area contributed by atoms with E-state index in [4.69, 9.17) is 9.47 Å². The van der Waals surface area contributed by atoms with Crippen LogP contribution in [0.3, 0.4) is 0 Å². The fourth-order valence-corrected chi connectivity index (χ4v) is 5.02. The predicted molar refractivity (Wildman–Crippen MR) is 176 cm³/mol. The summed E-state index contributed by atoms with van der Waals surface area (Å²) < 4.78 is 10.3. The van der Waals surface area contributed by atoms with Crippen LogP contribution in [-0.4, -0.2) is 42.7 Å². The lowest BCUT2D eigenvalue weighted by Crippen LogP contribution is -2.30. The molecule has 0 aliphatic heterocycles. The Morgan fingerprint density at radius 2 is 1.53 bits per heavy atom. The van der Waals surface area contributed by atoms with Gasteiger partial charge in [0.2, 0.25) is 5.91 Å². The Labute approximate surface area is 266 Å². The molecule has 0 fully saturated rings. The maximum Gasteiger partial charge on any atom is 0.338 e. The Hall–Kier alpha value is -5.35. The summed E-state index contributed by atoms with van der Waals surface area (Å²) in [5, 5.41) is 7.94. The monoisotopic (exact) mass is 623 g/mol. The minimum atomic E-state index is -0.527. The molecular formula is C35H33N3O6S. The molecule has 3 amide bonds. The van der Waals surface area contributed by atoms with Crippen LogP contribution in [0.2, 0.25) is 0 Å². The molecule has 9 nitrogen and oxygen atoms in total. The van der Waals surface area contributed by atoms with Gasteiger partial charge in [0.15, 0.2) is 0 Å². The summed E-state index contributed by atoms with van der Waals surface area (Å²) in [5.74, 6) is -1.01. The molecule has 0 spiro atoms.